The van der Waals surface area contributed by atoms with Gasteiger partial charge in [0, 0.05) is 10.0 Å². The zero-order chi connectivity index (χ0) is 20.5. The Morgan fingerprint density at radius 1 is 0.867 bits per heavy atom. The van der Waals surface area contributed by atoms with Crippen molar-refractivity contribution < 1.29 is 4.74 Å². The molecule has 146 valence electrons. The number of aromatic nitrogens is 4. The fourth-order valence-electron chi connectivity index (χ4n) is 3.39. The number of rotatable bonds is 4. The van der Waals surface area contributed by atoms with E-state index in [4.69, 9.17) is 9.72 Å². The van der Waals surface area contributed by atoms with Crippen molar-refractivity contribution in [1.82, 2.24) is 19.6 Å². The quantitative estimate of drug-likeness (QED) is 0.338. The van der Waals surface area contributed by atoms with Gasteiger partial charge >= 0.3 is 0 Å². The largest absolute Gasteiger partial charge is 0.497 e. The lowest BCUT2D eigenvalue weighted by Crippen LogP contribution is -1.97. The summed E-state index contributed by atoms with van der Waals surface area (Å²) >= 11 is 3.47. The maximum atomic E-state index is 5.28. The predicted molar refractivity (Wildman–Crippen MR) is 123 cm³/mol. The number of nitrogens with zero attached hydrogens (tertiary/aromatic N) is 4. The van der Waals surface area contributed by atoms with E-state index in [0.29, 0.717) is 5.65 Å². The highest BCUT2D eigenvalue weighted by atomic mass is 79.9. The number of hydrogen-bond acceptors (Lipinski definition) is 4. The number of para-hydroxylation sites is 2. The summed E-state index contributed by atoms with van der Waals surface area (Å²) in [5.41, 5.74) is 5.37. The van der Waals surface area contributed by atoms with Crippen molar-refractivity contribution in [3.63, 3.8) is 0 Å². The molecule has 0 saturated heterocycles. The van der Waals surface area contributed by atoms with E-state index < -0.39 is 0 Å². The van der Waals surface area contributed by atoms with Gasteiger partial charge in [0.05, 0.1) is 18.1 Å². The highest BCUT2D eigenvalue weighted by molar-refractivity contribution is 9.10. The zero-order valence-corrected chi connectivity index (χ0v) is 17.7. The van der Waals surface area contributed by atoms with E-state index in [9.17, 15) is 0 Å². The minimum atomic E-state index is 0.716. The van der Waals surface area contributed by atoms with Crippen LogP contribution in [-0.4, -0.2) is 26.7 Å². The summed E-state index contributed by atoms with van der Waals surface area (Å²) < 4.78 is 8.39. The van der Waals surface area contributed by atoms with Gasteiger partial charge in [-0.3, -0.25) is 4.40 Å². The predicted octanol–water partition coefficient (Wildman–Crippen LogP) is 5.89. The van der Waals surface area contributed by atoms with Crippen LogP contribution in [0.15, 0.2) is 77.3 Å². The summed E-state index contributed by atoms with van der Waals surface area (Å²) in [6.45, 7) is 0. The number of ether oxygens (including phenoxy) is 1. The molecule has 2 aromatic heterocycles. The average molecular weight is 457 g/mol. The molecule has 0 aliphatic heterocycles. The maximum absolute atomic E-state index is 5.28. The van der Waals surface area contributed by atoms with E-state index >= 15 is 0 Å². The topological polar surface area (TPSA) is 52.3 Å². The smallest absolute Gasteiger partial charge is 0.187 e. The lowest BCUT2D eigenvalue weighted by molar-refractivity contribution is 0.415. The van der Waals surface area contributed by atoms with Gasteiger partial charge < -0.3 is 4.74 Å². The van der Waals surface area contributed by atoms with E-state index in [1.807, 2.05) is 84.9 Å². The molecule has 5 rings (SSSR count). The van der Waals surface area contributed by atoms with E-state index in [2.05, 4.69) is 30.5 Å². The van der Waals surface area contributed by atoms with E-state index in [1.54, 1.807) is 7.11 Å². The number of hydrogen-bond donors (Lipinski definition) is 0. The van der Waals surface area contributed by atoms with Crippen molar-refractivity contribution in [3.8, 4) is 17.1 Å². The molecule has 0 aliphatic rings. The van der Waals surface area contributed by atoms with Crippen LogP contribution >= 0.6 is 15.9 Å². The van der Waals surface area contributed by atoms with Crippen molar-refractivity contribution >= 4 is 44.8 Å². The van der Waals surface area contributed by atoms with Crippen molar-refractivity contribution in [2.24, 2.45) is 0 Å². The van der Waals surface area contributed by atoms with Gasteiger partial charge in [0.25, 0.3) is 0 Å². The molecule has 5 aromatic rings. The first-order valence-electron chi connectivity index (χ1n) is 9.45. The molecule has 0 fully saturated rings. The third kappa shape index (κ3) is 3.35. The van der Waals surface area contributed by atoms with Crippen LogP contribution in [0.4, 0.5) is 0 Å². The van der Waals surface area contributed by atoms with Gasteiger partial charge in [0.1, 0.15) is 11.4 Å². The van der Waals surface area contributed by atoms with Crippen molar-refractivity contribution in [1.29, 1.82) is 0 Å². The fourth-order valence-corrected chi connectivity index (χ4v) is 3.66. The van der Waals surface area contributed by atoms with Gasteiger partial charge in [0.15, 0.2) is 11.5 Å². The van der Waals surface area contributed by atoms with Crippen molar-refractivity contribution in [2.45, 2.75) is 0 Å². The average Bonchev–Trinajstić information content (AvgIpc) is 3.24. The molecule has 3 aromatic carbocycles. The SMILES string of the molecule is COc1ccc(-c2nnc3c(/C=C/c4ccc(Br)cc4)nc4ccccc4n23)cc1. The summed E-state index contributed by atoms with van der Waals surface area (Å²) in [4.78, 5) is 4.83. The summed E-state index contributed by atoms with van der Waals surface area (Å²) in [6.07, 6.45) is 4.02. The molecule has 5 nitrogen and oxygen atoms in total. The number of benzene rings is 3. The molecule has 0 atom stereocenters. The minimum absolute atomic E-state index is 0.716. The van der Waals surface area contributed by atoms with Gasteiger partial charge in [-0.2, -0.15) is 0 Å². The Hall–Kier alpha value is -3.51. The molecule has 30 heavy (non-hydrogen) atoms. The number of halogens is 1. The highest BCUT2D eigenvalue weighted by Gasteiger charge is 2.15. The van der Waals surface area contributed by atoms with E-state index in [0.717, 1.165) is 43.9 Å². The fraction of sp³-hybridized carbons (Fsp3) is 0.0417. The van der Waals surface area contributed by atoms with Crippen molar-refractivity contribution in [3.05, 3.63) is 88.5 Å². The molecule has 2 heterocycles. The molecule has 6 heteroatoms. The van der Waals surface area contributed by atoms with Crippen LogP contribution in [0.1, 0.15) is 11.3 Å². The second kappa shape index (κ2) is 7.72. The first-order chi connectivity index (χ1) is 14.7. The third-order valence-corrected chi connectivity index (χ3v) is 5.44. The molecule has 0 spiro atoms. The van der Waals surface area contributed by atoms with Crippen LogP contribution < -0.4 is 4.74 Å². The van der Waals surface area contributed by atoms with Crippen LogP contribution in [0.2, 0.25) is 0 Å². The number of methoxy groups -OCH3 is 1. The Kier molecular flexibility index (Phi) is 4.77. The maximum Gasteiger partial charge on any atom is 0.187 e. The van der Waals surface area contributed by atoms with E-state index in [-0.39, 0.29) is 0 Å². The van der Waals surface area contributed by atoms with Gasteiger partial charge in [-0.1, -0.05) is 46.3 Å². The normalized spacial score (nSPS) is 11.5. The Labute approximate surface area is 181 Å². The van der Waals surface area contributed by atoms with Crippen molar-refractivity contribution in [2.75, 3.05) is 7.11 Å². The van der Waals surface area contributed by atoms with Gasteiger partial charge in [-0.25, -0.2) is 4.98 Å². The highest BCUT2D eigenvalue weighted by Crippen LogP contribution is 2.27. The summed E-state index contributed by atoms with van der Waals surface area (Å²) in [7, 11) is 1.66. The second-order valence-electron chi connectivity index (χ2n) is 6.78. The lowest BCUT2D eigenvalue weighted by atomic mass is 10.2. The first-order valence-corrected chi connectivity index (χ1v) is 10.2. The van der Waals surface area contributed by atoms with Crippen LogP contribution in [0, 0.1) is 0 Å². The Morgan fingerprint density at radius 3 is 2.40 bits per heavy atom. The molecular formula is C24H17BrN4O. The molecule has 0 aliphatic carbocycles. The molecule has 0 radical (unpaired) electrons. The molecular weight excluding hydrogens is 440 g/mol. The molecule has 0 unspecified atom stereocenters. The zero-order valence-electron chi connectivity index (χ0n) is 16.2. The van der Waals surface area contributed by atoms with Gasteiger partial charge in [-0.05, 0) is 60.2 Å². The Morgan fingerprint density at radius 2 is 1.63 bits per heavy atom. The molecule has 0 saturated carbocycles. The summed E-state index contributed by atoms with van der Waals surface area (Å²) in [5, 5.41) is 8.97. The van der Waals surface area contributed by atoms with Crippen LogP contribution in [0.25, 0.3) is 40.2 Å². The monoisotopic (exact) mass is 456 g/mol. The van der Waals surface area contributed by atoms with Gasteiger partial charge in [0.2, 0.25) is 0 Å². The molecule has 0 amide bonds. The van der Waals surface area contributed by atoms with Gasteiger partial charge in [-0.15, -0.1) is 10.2 Å². The summed E-state index contributed by atoms with van der Waals surface area (Å²) in [6, 6.07) is 24.0. The summed E-state index contributed by atoms with van der Waals surface area (Å²) in [5.74, 6) is 1.57. The lowest BCUT2D eigenvalue weighted by Gasteiger charge is -2.07. The first kappa shape index (κ1) is 18.5. The third-order valence-electron chi connectivity index (χ3n) is 4.91. The number of fused-ring (bicyclic) bond motifs is 3. The Balaban J connectivity index is 1.70. The second-order valence-corrected chi connectivity index (χ2v) is 7.70. The van der Waals surface area contributed by atoms with Crippen LogP contribution in [0.5, 0.6) is 5.75 Å². The Bertz CT molecular complexity index is 1370. The minimum Gasteiger partial charge on any atom is -0.497 e. The van der Waals surface area contributed by atoms with Crippen LogP contribution in [-0.2, 0) is 0 Å². The molecule has 0 N–H and O–H groups in total. The van der Waals surface area contributed by atoms with E-state index in [1.165, 1.54) is 0 Å². The standard InChI is InChI=1S/C24H17BrN4O/c1-30-19-13-9-17(10-14-19)23-27-28-24-21(15-8-16-6-11-18(25)12-7-16)26-20-4-2-3-5-22(20)29(23)24/h2-15H,1H3/b15-8+. The molecule has 0 bridgehead atoms. The van der Waals surface area contributed by atoms with Crippen LogP contribution in [0.3, 0.4) is 0 Å².